The van der Waals surface area contributed by atoms with Gasteiger partial charge in [-0.2, -0.15) is 0 Å². The fourth-order valence-corrected chi connectivity index (χ4v) is 3.76. The fraction of sp³-hybridized carbons (Fsp3) is 0.667. The molecule has 0 saturated heterocycles. The molecule has 2 rings (SSSR count). The second kappa shape index (κ2) is 12.2. The molecule has 140 valence electrons. The zero-order chi connectivity index (χ0) is 17.7. The first-order valence-electron chi connectivity index (χ1n) is 10.8. The molecule has 1 aromatic carbocycles. The summed E-state index contributed by atoms with van der Waals surface area (Å²) in [5.74, 6) is 1.94. The van der Waals surface area contributed by atoms with Crippen LogP contribution in [0.15, 0.2) is 30.3 Å². The average molecular weight is 343 g/mol. The maximum atomic E-state index is 5.88. The van der Waals surface area contributed by atoms with E-state index >= 15 is 0 Å². The van der Waals surface area contributed by atoms with E-state index in [4.69, 9.17) is 4.74 Å². The first-order valence-corrected chi connectivity index (χ1v) is 10.8. The number of unbranched alkanes of at least 4 members (excludes halogenated alkanes) is 6. The molecule has 0 aromatic heterocycles. The summed E-state index contributed by atoms with van der Waals surface area (Å²) in [5.41, 5.74) is 2.93. The van der Waals surface area contributed by atoms with Crippen molar-refractivity contribution >= 4 is 5.57 Å². The van der Waals surface area contributed by atoms with Gasteiger partial charge in [0.05, 0.1) is 6.61 Å². The van der Waals surface area contributed by atoms with Gasteiger partial charge in [0.2, 0.25) is 0 Å². The minimum Gasteiger partial charge on any atom is -0.494 e. The largest absolute Gasteiger partial charge is 0.494 e. The highest BCUT2D eigenvalue weighted by molar-refractivity contribution is 5.66. The van der Waals surface area contributed by atoms with Crippen LogP contribution >= 0.6 is 0 Å². The molecule has 1 nitrogen and oxygen atoms in total. The summed E-state index contributed by atoms with van der Waals surface area (Å²) < 4.78 is 5.88. The number of hydrogen-bond acceptors (Lipinski definition) is 1. The third-order valence-corrected chi connectivity index (χ3v) is 5.48. The lowest BCUT2D eigenvalue weighted by molar-refractivity contribution is 0.304. The molecule has 1 aliphatic rings. The molecule has 0 N–H and O–H groups in total. The summed E-state index contributed by atoms with van der Waals surface area (Å²) in [4.78, 5) is 0. The Hall–Kier alpha value is -1.24. The van der Waals surface area contributed by atoms with E-state index < -0.39 is 0 Å². The van der Waals surface area contributed by atoms with Crippen molar-refractivity contribution in [2.75, 3.05) is 6.61 Å². The Labute approximate surface area is 155 Å². The molecule has 0 radical (unpaired) electrons. The number of hydrogen-bond donors (Lipinski definition) is 0. The van der Waals surface area contributed by atoms with Gasteiger partial charge >= 0.3 is 0 Å². The van der Waals surface area contributed by atoms with Gasteiger partial charge in [-0.25, -0.2) is 0 Å². The molecular weight excluding hydrogens is 304 g/mol. The summed E-state index contributed by atoms with van der Waals surface area (Å²) in [6, 6.07) is 8.79. The molecule has 1 atom stereocenters. The SMILES string of the molecule is CCCCCCCOc1ccc(C2=CCC(CCCCC)CC2)cc1. The van der Waals surface area contributed by atoms with E-state index in [1.165, 1.54) is 88.2 Å². The number of allylic oxidation sites excluding steroid dienone is 2. The zero-order valence-corrected chi connectivity index (χ0v) is 16.6. The van der Waals surface area contributed by atoms with Crippen molar-refractivity contribution in [3.63, 3.8) is 0 Å². The molecule has 0 saturated carbocycles. The topological polar surface area (TPSA) is 9.23 Å². The van der Waals surface area contributed by atoms with Crippen LogP contribution in [-0.2, 0) is 0 Å². The Morgan fingerprint density at radius 1 is 0.880 bits per heavy atom. The van der Waals surface area contributed by atoms with Crippen LogP contribution in [0, 0.1) is 5.92 Å². The highest BCUT2D eigenvalue weighted by Gasteiger charge is 2.15. The molecule has 0 bridgehead atoms. The van der Waals surface area contributed by atoms with Crippen LogP contribution in [-0.4, -0.2) is 6.61 Å². The first kappa shape index (κ1) is 20.1. The monoisotopic (exact) mass is 342 g/mol. The molecule has 0 heterocycles. The van der Waals surface area contributed by atoms with E-state index in [1.54, 1.807) is 0 Å². The van der Waals surface area contributed by atoms with Crippen LogP contribution in [0.1, 0.15) is 96.5 Å². The summed E-state index contributed by atoms with van der Waals surface area (Å²) in [7, 11) is 0. The highest BCUT2D eigenvalue weighted by Crippen LogP contribution is 2.33. The van der Waals surface area contributed by atoms with Crippen LogP contribution in [0.2, 0.25) is 0 Å². The molecule has 1 heteroatoms. The van der Waals surface area contributed by atoms with E-state index in [1.807, 2.05) is 0 Å². The van der Waals surface area contributed by atoms with Crippen LogP contribution < -0.4 is 4.74 Å². The molecular formula is C24H38O. The van der Waals surface area contributed by atoms with Crippen LogP contribution in [0.3, 0.4) is 0 Å². The van der Waals surface area contributed by atoms with Gasteiger partial charge in [-0.3, -0.25) is 0 Å². The Morgan fingerprint density at radius 2 is 1.60 bits per heavy atom. The molecule has 1 unspecified atom stereocenters. The highest BCUT2D eigenvalue weighted by atomic mass is 16.5. The smallest absolute Gasteiger partial charge is 0.119 e. The Balaban J connectivity index is 1.71. The molecule has 1 aromatic rings. The van der Waals surface area contributed by atoms with E-state index in [0.29, 0.717) is 0 Å². The van der Waals surface area contributed by atoms with Crippen molar-refractivity contribution in [3.8, 4) is 5.75 Å². The minimum absolute atomic E-state index is 0.852. The zero-order valence-electron chi connectivity index (χ0n) is 16.6. The van der Waals surface area contributed by atoms with Gasteiger partial charge < -0.3 is 4.74 Å². The van der Waals surface area contributed by atoms with E-state index in [9.17, 15) is 0 Å². The van der Waals surface area contributed by atoms with Crippen molar-refractivity contribution in [2.45, 2.75) is 90.9 Å². The lowest BCUT2D eigenvalue weighted by atomic mass is 9.84. The van der Waals surface area contributed by atoms with Crippen molar-refractivity contribution in [2.24, 2.45) is 5.92 Å². The summed E-state index contributed by atoms with van der Waals surface area (Å²) in [6.45, 7) is 5.40. The number of ether oxygens (including phenoxy) is 1. The maximum absolute atomic E-state index is 5.88. The summed E-state index contributed by atoms with van der Waals surface area (Å²) in [6.07, 6.45) is 18.4. The van der Waals surface area contributed by atoms with Crippen molar-refractivity contribution in [3.05, 3.63) is 35.9 Å². The van der Waals surface area contributed by atoms with E-state index in [0.717, 1.165) is 18.3 Å². The molecule has 1 aliphatic carbocycles. The van der Waals surface area contributed by atoms with Crippen molar-refractivity contribution in [1.29, 1.82) is 0 Å². The third kappa shape index (κ3) is 7.67. The van der Waals surface area contributed by atoms with Gasteiger partial charge in [0.25, 0.3) is 0 Å². The molecule has 0 aliphatic heterocycles. The standard InChI is InChI=1S/C24H38O/c1-3-5-7-8-10-20-25-24-18-16-23(17-19-24)22-14-12-21(13-15-22)11-9-6-4-2/h14,16-19,21H,3-13,15,20H2,1-2H3. The summed E-state index contributed by atoms with van der Waals surface area (Å²) in [5, 5.41) is 0. The van der Waals surface area contributed by atoms with Gasteiger partial charge in [0.1, 0.15) is 5.75 Å². The fourth-order valence-electron chi connectivity index (χ4n) is 3.76. The van der Waals surface area contributed by atoms with Crippen LogP contribution in [0.25, 0.3) is 5.57 Å². The predicted molar refractivity (Wildman–Crippen MR) is 110 cm³/mol. The second-order valence-corrected chi connectivity index (χ2v) is 7.65. The Morgan fingerprint density at radius 3 is 2.28 bits per heavy atom. The second-order valence-electron chi connectivity index (χ2n) is 7.65. The molecule has 0 spiro atoms. The number of benzene rings is 1. The van der Waals surface area contributed by atoms with E-state index in [2.05, 4.69) is 44.2 Å². The molecule has 0 fully saturated rings. The predicted octanol–water partition coefficient (Wildman–Crippen LogP) is 7.80. The lowest BCUT2D eigenvalue weighted by Crippen LogP contribution is -2.05. The van der Waals surface area contributed by atoms with Crippen LogP contribution in [0.4, 0.5) is 0 Å². The van der Waals surface area contributed by atoms with Gasteiger partial charge in [-0.05, 0) is 54.9 Å². The van der Waals surface area contributed by atoms with Gasteiger partial charge in [0.15, 0.2) is 0 Å². The van der Waals surface area contributed by atoms with Crippen LogP contribution in [0.5, 0.6) is 5.75 Å². The van der Waals surface area contributed by atoms with Crippen molar-refractivity contribution < 1.29 is 4.74 Å². The summed E-state index contributed by atoms with van der Waals surface area (Å²) >= 11 is 0. The Bertz CT molecular complexity index is 485. The molecule has 25 heavy (non-hydrogen) atoms. The maximum Gasteiger partial charge on any atom is 0.119 e. The normalized spacial score (nSPS) is 17.4. The molecule has 0 amide bonds. The van der Waals surface area contributed by atoms with E-state index in [-0.39, 0.29) is 0 Å². The quantitative estimate of drug-likeness (QED) is 0.352. The third-order valence-electron chi connectivity index (χ3n) is 5.48. The Kier molecular flexibility index (Phi) is 9.77. The van der Waals surface area contributed by atoms with Gasteiger partial charge in [0, 0.05) is 0 Å². The minimum atomic E-state index is 0.852. The van der Waals surface area contributed by atoms with Gasteiger partial charge in [-0.1, -0.05) is 83.4 Å². The first-order chi connectivity index (χ1) is 12.3. The average Bonchev–Trinajstić information content (AvgIpc) is 2.66. The lowest BCUT2D eigenvalue weighted by Gasteiger charge is -2.22. The van der Waals surface area contributed by atoms with Crippen molar-refractivity contribution in [1.82, 2.24) is 0 Å². The van der Waals surface area contributed by atoms with Gasteiger partial charge in [-0.15, -0.1) is 0 Å². The number of rotatable bonds is 12.